The van der Waals surface area contributed by atoms with Crippen molar-refractivity contribution in [3.63, 3.8) is 0 Å². The van der Waals surface area contributed by atoms with Crippen LogP contribution in [0.1, 0.15) is 24.5 Å². The summed E-state index contributed by atoms with van der Waals surface area (Å²) >= 11 is 0. The van der Waals surface area contributed by atoms with Gasteiger partial charge < -0.3 is 0 Å². The minimum Gasteiger partial charge on any atom is -0.284 e. The predicted molar refractivity (Wildman–Crippen MR) is 71.4 cm³/mol. The van der Waals surface area contributed by atoms with E-state index in [9.17, 15) is 8.42 Å². The molecule has 1 fully saturated rings. The average molecular weight is 293 g/mol. The molecule has 2 aromatic rings. The van der Waals surface area contributed by atoms with Crippen LogP contribution in [0.2, 0.25) is 0 Å². The molecule has 8 heteroatoms. The monoisotopic (exact) mass is 293 g/mol. The normalized spacial score (nSPS) is 20.9. The van der Waals surface area contributed by atoms with Gasteiger partial charge in [0.2, 0.25) is 10.0 Å². The van der Waals surface area contributed by atoms with Crippen molar-refractivity contribution < 1.29 is 8.42 Å². The second kappa shape index (κ2) is 5.29. The summed E-state index contributed by atoms with van der Waals surface area (Å²) in [6.45, 7) is 0.986. The number of hydrogen-bond acceptors (Lipinski definition) is 5. The molecule has 1 saturated heterocycles. The van der Waals surface area contributed by atoms with Crippen LogP contribution in [0.15, 0.2) is 35.9 Å². The summed E-state index contributed by atoms with van der Waals surface area (Å²) in [5, 5.41) is 6.25. The van der Waals surface area contributed by atoms with Gasteiger partial charge in [-0.1, -0.05) is 0 Å². The lowest BCUT2D eigenvalue weighted by molar-refractivity contribution is 0.312. The van der Waals surface area contributed by atoms with E-state index in [1.807, 2.05) is 6.07 Å². The lowest BCUT2D eigenvalue weighted by Crippen LogP contribution is -2.39. The van der Waals surface area contributed by atoms with E-state index in [0.29, 0.717) is 13.1 Å². The molecule has 7 nitrogen and oxygen atoms in total. The van der Waals surface area contributed by atoms with Crippen LogP contribution in [0.25, 0.3) is 0 Å². The van der Waals surface area contributed by atoms with Crippen LogP contribution in [0.5, 0.6) is 0 Å². The predicted octanol–water partition coefficient (Wildman–Crippen LogP) is 0.768. The molecule has 1 aliphatic rings. The molecular weight excluding hydrogens is 278 g/mol. The fourth-order valence-corrected chi connectivity index (χ4v) is 3.91. The zero-order valence-electron chi connectivity index (χ0n) is 10.8. The van der Waals surface area contributed by atoms with Crippen LogP contribution in [0.3, 0.4) is 0 Å². The molecule has 0 amide bonds. The number of nitrogens with zero attached hydrogens (tertiary/aromatic N) is 4. The highest BCUT2D eigenvalue weighted by molar-refractivity contribution is 7.89. The van der Waals surface area contributed by atoms with E-state index < -0.39 is 10.0 Å². The van der Waals surface area contributed by atoms with E-state index in [-0.39, 0.29) is 10.8 Å². The molecule has 0 saturated carbocycles. The van der Waals surface area contributed by atoms with Crippen molar-refractivity contribution >= 4 is 10.0 Å². The van der Waals surface area contributed by atoms with Gasteiger partial charge in [-0.15, -0.1) is 0 Å². The minimum atomic E-state index is -3.46. The van der Waals surface area contributed by atoms with Gasteiger partial charge in [-0.3, -0.25) is 5.10 Å². The molecule has 0 aliphatic carbocycles. The standard InChI is InChI=1S/C12H15N5O2S/c18-20(19,11-6-15-16-7-11)17-5-1-2-10(8-17)12-3-4-13-9-14-12/h3-4,6-7,9-10H,1-2,5,8H2,(H,15,16). The maximum absolute atomic E-state index is 12.5. The zero-order valence-corrected chi connectivity index (χ0v) is 11.6. The van der Waals surface area contributed by atoms with E-state index in [2.05, 4.69) is 20.2 Å². The fourth-order valence-electron chi connectivity index (χ4n) is 2.47. The molecule has 2 aromatic heterocycles. The van der Waals surface area contributed by atoms with Crippen LogP contribution in [-0.4, -0.2) is 46.0 Å². The van der Waals surface area contributed by atoms with Crippen molar-refractivity contribution in [3.05, 3.63) is 36.7 Å². The molecule has 1 aliphatic heterocycles. The summed E-state index contributed by atoms with van der Waals surface area (Å²) in [5.74, 6) is 0.119. The molecule has 0 bridgehead atoms. The molecule has 0 aromatic carbocycles. The molecular formula is C12H15N5O2S. The van der Waals surface area contributed by atoms with Crippen LogP contribution in [0, 0.1) is 0 Å². The Morgan fingerprint density at radius 2 is 2.30 bits per heavy atom. The van der Waals surface area contributed by atoms with Crippen LogP contribution in [0.4, 0.5) is 0 Å². The van der Waals surface area contributed by atoms with Crippen molar-refractivity contribution in [2.75, 3.05) is 13.1 Å². The van der Waals surface area contributed by atoms with Gasteiger partial charge in [0.25, 0.3) is 0 Å². The van der Waals surface area contributed by atoms with Crippen molar-refractivity contribution in [2.24, 2.45) is 0 Å². The van der Waals surface area contributed by atoms with E-state index in [0.717, 1.165) is 18.5 Å². The van der Waals surface area contributed by atoms with Gasteiger partial charge in [0.1, 0.15) is 11.2 Å². The number of rotatable bonds is 3. The van der Waals surface area contributed by atoms with Gasteiger partial charge in [0, 0.05) is 37.1 Å². The van der Waals surface area contributed by atoms with Crippen molar-refractivity contribution in [2.45, 2.75) is 23.7 Å². The summed E-state index contributed by atoms with van der Waals surface area (Å²) in [6, 6.07) is 1.85. The highest BCUT2D eigenvalue weighted by Crippen LogP contribution is 2.28. The molecule has 1 unspecified atom stereocenters. The van der Waals surface area contributed by atoms with E-state index in [1.165, 1.54) is 23.0 Å². The Balaban J connectivity index is 1.83. The first-order valence-electron chi connectivity index (χ1n) is 6.43. The van der Waals surface area contributed by atoms with E-state index >= 15 is 0 Å². The van der Waals surface area contributed by atoms with Crippen LogP contribution in [-0.2, 0) is 10.0 Å². The lowest BCUT2D eigenvalue weighted by Gasteiger charge is -2.31. The Labute approximate surface area is 117 Å². The van der Waals surface area contributed by atoms with Gasteiger partial charge in [0.15, 0.2) is 0 Å². The van der Waals surface area contributed by atoms with Crippen molar-refractivity contribution in [1.82, 2.24) is 24.5 Å². The molecule has 3 rings (SSSR count). The summed E-state index contributed by atoms with van der Waals surface area (Å²) in [6.07, 6.45) is 7.69. The van der Waals surface area contributed by atoms with Gasteiger partial charge >= 0.3 is 0 Å². The smallest absolute Gasteiger partial charge is 0.246 e. The van der Waals surface area contributed by atoms with Gasteiger partial charge in [-0.2, -0.15) is 9.40 Å². The first kappa shape index (κ1) is 13.2. The summed E-state index contributed by atoms with van der Waals surface area (Å²) < 4.78 is 26.4. The number of aromatic amines is 1. The number of hydrogen-bond donors (Lipinski definition) is 1. The molecule has 0 radical (unpaired) electrons. The second-order valence-electron chi connectivity index (χ2n) is 4.77. The molecule has 1 N–H and O–H groups in total. The summed E-state index contributed by atoms with van der Waals surface area (Å²) in [4.78, 5) is 8.33. The van der Waals surface area contributed by atoms with Crippen molar-refractivity contribution in [1.29, 1.82) is 0 Å². The molecule has 20 heavy (non-hydrogen) atoms. The Kier molecular flexibility index (Phi) is 3.49. The molecule has 3 heterocycles. The number of piperidine rings is 1. The first-order valence-corrected chi connectivity index (χ1v) is 7.87. The third kappa shape index (κ3) is 2.44. The van der Waals surface area contributed by atoms with Crippen LogP contribution >= 0.6 is 0 Å². The third-order valence-electron chi connectivity index (χ3n) is 3.52. The maximum atomic E-state index is 12.5. The zero-order chi connectivity index (χ0) is 14.0. The summed E-state index contributed by atoms with van der Waals surface area (Å²) in [7, 11) is -3.46. The Morgan fingerprint density at radius 1 is 1.40 bits per heavy atom. The van der Waals surface area contributed by atoms with Crippen molar-refractivity contribution in [3.8, 4) is 0 Å². The van der Waals surface area contributed by atoms with E-state index in [4.69, 9.17) is 0 Å². The Bertz CT molecular complexity index is 656. The largest absolute Gasteiger partial charge is 0.284 e. The topological polar surface area (TPSA) is 91.8 Å². The molecule has 106 valence electrons. The first-order chi connectivity index (χ1) is 9.68. The Morgan fingerprint density at radius 3 is 3.00 bits per heavy atom. The lowest BCUT2D eigenvalue weighted by atomic mass is 9.96. The van der Waals surface area contributed by atoms with Gasteiger partial charge in [-0.05, 0) is 18.9 Å². The van der Waals surface area contributed by atoms with Crippen LogP contribution < -0.4 is 0 Å². The number of sulfonamides is 1. The Hall–Kier alpha value is -1.80. The highest BCUT2D eigenvalue weighted by atomic mass is 32.2. The fraction of sp³-hybridized carbons (Fsp3) is 0.417. The SMILES string of the molecule is O=S(=O)(c1cn[nH]c1)N1CCCC(c2ccncn2)C1. The number of nitrogens with one attached hydrogen (secondary N) is 1. The quantitative estimate of drug-likeness (QED) is 0.902. The molecule has 0 spiro atoms. The van der Waals surface area contributed by atoms with Gasteiger partial charge in [0.05, 0.1) is 6.20 Å². The average Bonchev–Trinajstić information content (AvgIpc) is 3.03. The maximum Gasteiger partial charge on any atom is 0.246 e. The van der Waals surface area contributed by atoms with Gasteiger partial charge in [-0.25, -0.2) is 18.4 Å². The molecule has 1 atom stereocenters. The van der Waals surface area contributed by atoms with E-state index in [1.54, 1.807) is 6.20 Å². The highest BCUT2D eigenvalue weighted by Gasteiger charge is 2.31. The second-order valence-corrected chi connectivity index (χ2v) is 6.71. The third-order valence-corrected chi connectivity index (χ3v) is 5.35. The minimum absolute atomic E-state index is 0.119. The summed E-state index contributed by atoms with van der Waals surface area (Å²) in [5.41, 5.74) is 0.895. The number of aromatic nitrogens is 4. The number of H-pyrrole nitrogens is 1.